The summed E-state index contributed by atoms with van der Waals surface area (Å²) in [6, 6.07) is 1.61. The molecule has 0 saturated carbocycles. The van der Waals surface area contributed by atoms with Gasteiger partial charge >= 0.3 is 0 Å². The van der Waals surface area contributed by atoms with Gasteiger partial charge in [-0.1, -0.05) is 6.42 Å². The Morgan fingerprint density at radius 2 is 2.00 bits per heavy atom. The SMILES string of the molecule is CC(CCN(C)C)N1CCN2CCCCC2C1. The highest BCUT2D eigenvalue weighted by Crippen LogP contribution is 2.22. The van der Waals surface area contributed by atoms with E-state index in [0.717, 1.165) is 12.1 Å². The Bertz CT molecular complexity index is 230. The third kappa shape index (κ3) is 3.67. The minimum Gasteiger partial charge on any atom is -0.309 e. The van der Waals surface area contributed by atoms with Crippen molar-refractivity contribution < 1.29 is 0 Å². The number of hydrogen-bond acceptors (Lipinski definition) is 3. The predicted octanol–water partition coefficient (Wildman–Crippen LogP) is 1.50. The quantitative estimate of drug-likeness (QED) is 0.736. The van der Waals surface area contributed by atoms with Crippen molar-refractivity contribution in [3.8, 4) is 0 Å². The largest absolute Gasteiger partial charge is 0.309 e. The van der Waals surface area contributed by atoms with Crippen LogP contribution in [0, 0.1) is 0 Å². The van der Waals surface area contributed by atoms with Crippen molar-refractivity contribution in [2.45, 2.75) is 44.7 Å². The Morgan fingerprint density at radius 1 is 1.18 bits per heavy atom. The number of piperazine rings is 1. The maximum atomic E-state index is 2.72. The summed E-state index contributed by atoms with van der Waals surface area (Å²) in [6.45, 7) is 8.87. The van der Waals surface area contributed by atoms with Crippen LogP contribution in [0.2, 0.25) is 0 Å². The topological polar surface area (TPSA) is 9.72 Å². The molecule has 17 heavy (non-hydrogen) atoms. The second kappa shape index (κ2) is 6.17. The van der Waals surface area contributed by atoms with Gasteiger partial charge in [-0.2, -0.15) is 0 Å². The van der Waals surface area contributed by atoms with Crippen LogP contribution in [0.4, 0.5) is 0 Å². The van der Waals surface area contributed by atoms with E-state index in [1.54, 1.807) is 0 Å². The van der Waals surface area contributed by atoms with E-state index in [0.29, 0.717) is 0 Å². The summed E-state index contributed by atoms with van der Waals surface area (Å²) in [5.74, 6) is 0. The lowest BCUT2D eigenvalue weighted by Crippen LogP contribution is -2.56. The standard InChI is InChI=1S/C14H29N3/c1-13(7-9-15(2)3)17-11-10-16-8-5-4-6-14(16)12-17/h13-14H,4-12H2,1-3H3. The average molecular weight is 239 g/mol. The summed E-state index contributed by atoms with van der Waals surface area (Å²) in [7, 11) is 4.34. The Labute approximate surface area is 107 Å². The van der Waals surface area contributed by atoms with Crippen LogP contribution >= 0.6 is 0 Å². The highest BCUT2D eigenvalue weighted by molar-refractivity contribution is 4.87. The van der Waals surface area contributed by atoms with E-state index in [2.05, 4.69) is 35.7 Å². The normalized spacial score (nSPS) is 29.3. The average Bonchev–Trinajstić information content (AvgIpc) is 2.35. The highest BCUT2D eigenvalue weighted by Gasteiger charge is 2.30. The van der Waals surface area contributed by atoms with E-state index in [1.807, 2.05) is 0 Å². The minimum absolute atomic E-state index is 0.751. The van der Waals surface area contributed by atoms with Gasteiger partial charge in [0.05, 0.1) is 0 Å². The van der Waals surface area contributed by atoms with Gasteiger partial charge in [0.25, 0.3) is 0 Å². The second-order valence-electron chi connectivity index (χ2n) is 6.12. The molecule has 0 aromatic carbocycles. The Hall–Kier alpha value is -0.120. The molecule has 2 aliphatic heterocycles. The lowest BCUT2D eigenvalue weighted by Gasteiger charge is -2.46. The smallest absolute Gasteiger partial charge is 0.0223 e. The molecule has 3 nitrogen and oxygen atoms in total. The van der Waals surface area contributed by atoms with Crippen molar-refractivity contribution in [2.24, 2.45) is 0 Å². The first-order valence-corrected chi connectivity index (χ1v) is 7.29. The second-order valence-corrected chi connectivity index (χ2v) is 6.12. The molecule has 2 atom stereocenters. The summed E-state index contributed by atoms with van der Waals surface area (Å²) < 4.78 is 0. The van der Waals surface area contributed by atoms with Gasteiger partial charge in [0.15, 0.2) is 0 Å². The zero-order valence-corrected chi connectivity index (χ0v) is 11.9. The van der Waals surface area contributed by atoms with Gasteiger partial charge in [0.2, 0.25) is 0 Å². The molecule has 2 fully saturated rings. The summed E-state index contributed by atoms with van der Waals surface area (Å²) >= 11 is 0. The van der Waals surface area contributed by atoms with Gasteiger partial charge < -0.3 is 4.90 Å². The van der Waals surface area contributed by atoms with Crippen molar-refractivity contribution in [3.05, 3.63) is 0 Å². The number of fused-ring (bicyclic) bond motifs is 1. The molecule has 0 N–H and O–H groups in total. The molecule has 2 heterocycles. The molecule has 2 saturated heterocycles. The van der Waals surface area contributed by atoms with E-state index >= 15 is 0 Å². The van der Waals surface area contributed by atoms with Gasteiger partial charge in [0, 0.05) is 31.7 Å². The summed E-state index contributed by atoms with van der Waals surface area (Å²) in [5, 5.41) is 0. The molecule has 0 aromatic heterocycles. The van der Waals surface area contributed by atoms with E-state index in [1.165, 1.54) is 58.4 Å². The Kier molecular flexibility index (Phi) is 4.83. The lowest BCUT2D eigenvalue weighted by molar-refractivity contribution is 0.0280. The maximum Gasteiger partial charge on any atom is 0.0223 e. The van der Waals surface area contributed by atoms with Crippen molar-refractivity contribution in [1.29, 1.82) is 0 Å². The van der Waals surface area contributed by atoms with Crippen molar-refractivity contribution in [1.82, 2.24) is 14.7 Å². The van der Waals surface area contributed by atoms with E-state index < -0.39 is 0 Å². The molecule has 0 radical (unpaired) electrons. The van der Waals surface area contributed by atoms with Gasteiger partial charge in [-0.15, -0.1) is 0 Å². The number of rotatable bonds is 4. The molecule has 0 aliphatic carbocycles. The van der Waals surface area contributed by atoms with Gasteiger partial charge in [-0.05, 0) is 53.4 Å². The zero-order chi connectivity index (χ0) is 12.3. The number of piperidine rings is 1. The molecule has 0 amide bonds. The first-order valence-electron chi connectivity index (χ1n) is 7.29. The van der Waals surface area contributed by atoms with Crippen LogP contribution in [0.25, 0.3) is 0 Å². The van der Waals surface area contributed by atoms with Crippen LogP contribution < -0.4 is 0 Å². The van der Waals surface area contributed by atoms with Crippen molar-refractivity contribution >= 4 is 0 Å². The van der Waals surface area contributed by atoms with Crippen LogP contribution in [-0.2, 0) is 0 Å². The molecule has 2 aliphatic rings. The number of hydrogen-bond donors (Lipinski definition) is 0. The minimum atomic E-state index is 0.751. The van der Waals surface area contributed by atoms with Crippen molar-refractivity contribution in [3.63, 3.8) is 0 Å². The van der Waals surface area contributed by atoms with E-state index in [-0.39, 0.29) is 0 Å². The summed E-state index contributed by atoms with van der Waals surface area (Å²) in [6.07, 6.45) is 5.60. The van der Waals surface area contributed by atoms with Crippen LogP contribution in [-0.4, -0.2) is 73.6 Å². The fraction of sp³-hybridized carbons (Fsp3) is 1.00. The molecule has 100 valence electrons. The molecule has 0 aromatic rings. The molecule has 0 spiro atoms. The van der Waals surface area contributed by atoms with E-state index in [9.17, 15) is 0 Å². The molecule has 3 heteroatoms. The number of nitrogens with zero attached hydrogens (tertiary/aromatic N) is 3. The van der Waals surface area contributed by atoms with Crippen LogP contribution in [0.15, 0.2) is 0 Å². The van der Waals surface area contributed by atoms with Gasteiger partial charge in [0.1, 0.15) is 0 Å². The monoisotopic (exact) mass is 239 g/mol. The third-order valence-corrected chi connectivity index (χ3v) is 4.49. The van der Waals surface area contributed by atoms with E-state index in [4.69, 9.17) is 0 Å². The fourth-order valence-corrected chi connectivity index (χ4v) is 3.21. The summed E-state index contributed by atoms with van der Waals surface area (Å²) in [4.78, 5) is 7.74. The van der Waals surface area contributed by atoms with Crippen LogP contribution in [0.3, 0.4) is 0 Å². The first kappa shape index (κ1) is 13.3. The molecular formula is C14H29N3. The molecular weight excluding hydrogens is 210 g/mol. The molecule has 2 rings (SSSR count). The zero-order valence-electron chi connectivity index (χ0n) is 11.9. The fourth-order valence-electron chi connectivity index (χ4n) is 3.21. The van der Waals surface area contributed by atoms with Crippen LogP contribution in [0.1, 0.15) is 32.6 Å². The van der Waals surface area contributed by atoms with Crippen molar-refractivity contribution in [2.75, 3.05) is 46.8 Å². The van der Waals surface area contributed by atoms with Gasteiger partial charge in [-0.3, -0.25) is 9.80 Å². The first-order chi connectivity index (χ1) is 8.16. The summed E-state index contributed by atoms with van der Waals surface area (Å²) in [5.41, 5.74) is 0. The third-order valence-electron chi connectivity index (χ3n) is 4.49. The van der Waals surface area contributed by atoms with Gasteiger partial charge in [-0.25, -0.2) is 0 Å². The lowest BCUT2D eigenvalue weighted by atomic mass is 9.98. The molecule has 0 bridgehead atoms. The highest BCUT2D eigenvalue weighted by atomic mass is 15.3. The molecule has 2 unspecified atom stereocenters. The Balaban J connectivity index is 1.78. The Morgan fingerprint density at radius 3 is 2.76 bits per heavy atom. The predicted molar refractivity (Wildman–Crippen MR) is 73.4 cm³/mol. The maximum absolute atomic E-state index is 2.72. The van der Waals surface area contributed by atoms with Crippen LogP contribution in [0.5, 0.6) is 0 Å².